The average molecular weight is 398 g/mol. The number of allylic oxidation sites excluding steroid dienone is 3. The van der Waals surface area contributed by atoms with E-state index in [1.165, 1.54) is 11.3 Å². The van der Waals surface area contributed by atoms with Gasteiger partial charge >= 0.3 is 0 Å². The van der Waals surface area contributed by atoms with Crippen molar-refractivity contribution in [3.63, 3.8) is 0 Å². The number of fused-ring (bicyclic) bond motifs is 1. The first-order valence-electron chi connectivity index (χ1n) is 9.41. The van der Waals surface area contributed by atoms with Gasteiger partial charge in [0.1, 0.15) is 10.6 Å². The van der Waals surface area contributed by atoms with Gasteiger partial charge < -0.3 is 21.7 Å². The van der Waals surface area contributed by atoms with Gasteiger partial charge in [-0.15, -0.1) is 11.3 Å². The van der Waals surface area contributed by atoms with Crippen LogP contribution in [0.15, 0.2) is 48.3 Å². The molecular weight excluding hydrogens is 370 g/mol. The number of likely N-dealkylation sites (tertiary alicyclic amines) is 1. The lowest BCUT2D eigenvalue weighted by molar-refractivity contribution is 0.0968. The number of carbonyl (C=O) groups is 1. The van der Waals surface area contributed by atoms with E-state index in [0.717, 1.165) is 42.0 Å². The van der Waals surface area contributed by atoms with Gasteiger partial charge in [-0.1, -0.05) is 12.7 Å². The van der Waals surface area contributed by atoms with Gasteiger partial charge in [0.15, 0.2) is 0 Å². The zero-order valence-corrected chi connectivity index (χ0v) is 17.2. The molecule has 148 valence electrons. The fourth-order valence-electron chi connectivity index (χ4n) is 3.47. The molecule has 1 amide bonds. The van der Waals surface area contributed by atoms with Crippen molar-refractivity contribution >= 4 is 32.5 Å². The van der Waals surface area contributed by atoms with Crippen molar-refractivity contribution in [2.45, 2.75) is 32.7 Å². The van der Waals surface area contributed by atoms with Crippen LogP contribution in [0.3, 0.4) is 0 Å². The predicted octanol–water partition coefficient (Wildman–Crippen LogP) is 3.31. The minimum absolute atomic E-state index is 0.124. The Hall–Kier alpha value is -2.64. The smallest absolute Gasteiger partial charge is 0.260 e. The highest BCUT2D eigenvalue weighted by molar-refractivity contribution is 7.23. The van der Waals surface area contributed by atoms with E-state index >= 15 is 0 Å². The van der Waals surface area contributed by atoms with Gasteiger partial charge in [-0.05, 0) is 51.0 Å². The van der Waals surface area contributed by atoms with Crippen LogP contribution in [-0.2, 0) is 0 Å². The van der Waals surface area contributed by atoms with Crippen LogP contribution in [-0.4, -0.2) is 34.9 Å². The van der Waals surface area contributed by atoms with E-state index in [0.29, 0.717) is 21.8 Å². The maximum Gasteiger partial charge on any atom is 0.260 e. The van der Waals surface area contributed by atoms with Gasteiger partial charge in [0.25, 0.3) is 5.91 Å². The molecule has 6 nitrogen and oxygen atoms in total. The number of nitrogen functional groups attached to an aromatic ring is 1. The van der Waals surface area contributed by atoms with Crippen molar-refractivity contribution < 1.29 is 4.79 Å². The molecular formula is C21H27N5OS. The van der Waals surface area contributed by atoms with E-state index < -0.39 is 0 Å². The largest absolute Gasteiger partial charge is 0.390 e. The quantitative estimate of drug-likeness (QED) is 0.673. The van der Waals surface area contributed by atoms with Crippen LogP contribution < -0.4 is 16.8 Å². The number of piperidine rings is 1. The minimum Gasteiger partial charge on any atom is -0.390 e. The maximum atomic E-state index is 13.1. The highest BCUT2D eigenvalue weighted by Crippen LogP contribution is 2.32. The molecule has 0 aliphatic carbocycles. The van der Waals surface area contributed by atoms with Crippen LogP contribution >= 0.6 is 11.3 Å². The monoisotopic (exact) mass is 397 g/mol. The Morgan fingerprint density at radius 2 is 2.25 bits per heavy atom. The first kappa shape index (κ1) is 20.1. The zero-order valence-electron chi connectivity index (χ0n) is 16.4. The van der Waals surface area contributed by atoms with Crippen LogP contribution in [0.4, 0.5) is 5.00 Å². The van der Waals surface area contributed by atoms with E-state index in [2.05, 4.69) is 21.8 Å². The third kappa shape index (κ3) is 4.10. The van der Waals surface area contributed by atoms with Crippen LogP contribution in [0, 0.1) is 6.92 Å². The predicted molar refractivity (Wildman–Crippen MR) is 117 cm³/mol. The molecule has 5 N–H and O–H groups in total. The molecule has 0 radical (unpaired) electrons. The summed E-state index contributed by atoms with van der Waals surface area (Å²) in [5.41, 5.74) is 15.7. The van der Waals surface area contributed by atoms with Crippen molar-refractivity contribution in [3.05, 3.63) is 59.6 Å². The summed E-state index contributed by atoms with van der Waals surface area (Å²) in [6, 6.07) is 3.98. The fraction of sp³-hybridized carbons (Fsp3) is 0.333. The van der Waals surface area contributed by atoms with Crippen molar-refractivity contribution in [3.8, 4) is 0 Å². The minimum atomic E-state index is -0.278. The number of thiophene rings is 1. The number of anilines is 1. The number of amides is 1. The Morgan fingerprint density at radius 1 is 1.46 bits per heavy atom. The third-order valence-electron chi connectivity index (χ3n) is 4.78. The maximum absolute atomic E-state index is 13.1. The summed E-state index contributed by atoms with van der Waals surface area (Å²) >= 11 is 1.37. The highest BCUT2D eigenvalue weighted by Gasteiger charge is 2.23. The van der Waals surface area contributed by atoms with Crippen molar-refractivity contribution in [1.29, 1.82) is 0 Å². The molecule has 3 heterocycles. The zero-order chi connectivity index (χ0) is 20.3. The van der Waals surface area contributed by atoms with E-state index in [1.807, 2.05) is 38.1 Å². The number of hydrogen-bond acceptors (Lipinski definition) is 6. The SMILES string of the molecule is C=C/C(NC(=O)c1c(N)sc2ccc(C)nc12)=C(\C=C/C)N1CCC[C@H](N)C1. The standard InChI is InChI=1S/C21H27N5OS/c1-4-7-16(26-11-6-8-14(22)12-26)15(5-2)25-21(27)18-19-17(28-20(18)23)10-9-13(3)24-19/h4-5,7,9-10,14H,2,6,8,11-12,22-23H2,1,3H3,(H,25,27)/b7-4-,16-15-/t14-/m0/s1. The summed E-state index contributed by atoms with van der Waals surface area (Å²) in [7, 11) is 0. The van der Waals surface area contributed by atoms with Crippen LogP contribution in [0.5, 0.6) is 0 Å². The van der Waals surface area contributed by atoms with Crippen LogP contribution in [0.1, 0.15) is 35.8 Å². The normalized spacial score (nSPS) is 18.4. The highest BCUT2D eigenvalue weighted by atomic mass is 32.1. The molecule has 2 aromatic heterocycles. The molecule has 1 saturated heterocycles. The van der Waals surface area contributed by atoms with Crippen molar-refractivity contribution in [1.82, 2.24) is 15.2 Å². The van der Waals surface area contributed by atoms with Gasteiger partial charge in [0, 0.05) is 24.8 Å². The molecule has 0 unspecified atom stereocenters. The number of nitrogens with zero attached hydrogens (tertiary/aromatic N) is 2. The lowest BCUT2D eigenvalue weighted by Crippen LogP contribution is -2.43. The molecule has 0 spiro atoms. The molecule has 0 bridgehead atoms. The van der Waals surface area contributed by atoms with Crippen LogP contribution in [0.2, 0.25) is 0 Å². The number of rotatable bonds is 5. The van der Waals surface area contributed by atoms with E-state index in [-0.39, 0.29) is 11.9 Å². The van der Waals surface area contributed by atoms with Gasteiger partial charge in [-0.2, -0.15) is 0 Å². The second-order valence-corrected chi connectivity index (χ2v) is 8.03. The number of hydrogen-bond donors (Lipinski definition) is 3. The molecule has 28 heavy (non-hydrogen) atoms. The van der Waals surface area contributed by atoms with E-state index in [4.69, 9.17) is 11.5 Å². The number of aromatic nitrogens is 1. The van der Waals surface area contributed by atoms with E-state index in [1.54, 1.807) is 6.08 Å². The molecule has 1 fully saturated rings. The number of pyridine rings is 1. The number of carbonyl (C=O) groups excluding carboxylic acids is 1. The topological polar surface area (TPSA) is 97.3 Å². The Labute approximate surface area is 169 Å². The van der Waals surface area contributed by atoms with Crippen LogP contribution in [0.25, 0.3) is 10.2 Å². The number of aryl methyl sites for hydroxylation is 1. The fourth-order valence-corrected chi connectivity index (χ4v) is 4.38. The second kappa shape index (κ2) is 8.58. The Balaban J connectivity index is 1.98. The van der Waals surface area contributed by atoms with Crippen molar-refractivity contribution in [2.75, 3.05) is 18.8 Å². The number of nitrogens with one attached hydrogen (secondary N) is 1. The van der Waals surface area contributed by atoms with E-state index in [9.17, 15) is 4.79 Å². The first-order chi connectivity index (χ1) is 13.4. The molecule has 7 heteroatoms. The Kier molecular flexibility index (Phi) is 6.16. The summed E-state index contributed by atoms with van der Waals surface area (Å²) in [5.74, 6) is -0.278. The third-order valence-corrected chi connectivity index (χ3v) is 5.75. The molecule has 3 rings (SSSR count). The Bertz CT molecular complexity index is 959. The summed E-state index contributed by atoms with van der Waals surface area (Å²) in [6.45, 7) is 9.39. The summed E-state index contributed by atoms with van der Waals surface area (Å²) < 4.78 is 0.896. The van der Waals surface area contributed by atoms with Crippen molar-refractivity contribution in [2.24, 2.45) is 5.73 Å². The van der Waals surface area contributed by atoms with Gasteiger partial charge in [-0.3, -0.25) is 9.78 Å². The second-order valence-electron chi connectivity index (χ2n) is 6.95. The number of nitrogens with two attached hydrogens (primary N) is 2. The lowest BCUT2D eigenvalue weighted by atomic mass is 10.1. The van der Waals surface area contributed by atoms with Gasteiger partial charge in [-0.25, -0.2) is 0 Å². The van der Waals surface area contributed by atoms with Gasteiger partial charge in [0.2, 0.25) is 0 Å². The molecule has 0 saturated carbocycles. The molecule has 1 aliphatic heterocycles. The average Bonchev–Trinajstić information content (AvgIpc) is 2.99. The van der Waals surface area contributed by atoms with Gasteiger partial charge in [0.05, 0.1) is 21.6 Å². The summed E-state index contributed by atoms with van der Waals surface area (Å²) in [6.07, 6.45) is 7.62. The molecule has 1 atom stereocenters. The Morgan fingerprint density at radius 3 is 2.93 bits per heavy atom. The summed E-state index contributed by atoms with van der Waals surface area (Å²) in [4.78, 5) is 19.8. The molecule has 1 aliphatic rings. The summed E-state index contributed by atoms with van der Waals surface area (Å²) in [5, 5.41) is 3.45. The molecule has 2 aromatic rings. The lowest BCUT2D eigenvalue weighted by Gasteiger charge is -2.34. The molecule has 0 aromatic carbocycles. The first-order valence-corrected chi connectivity index (χ1v) is 10.2.